The molecular formula is C19H16Br4O4. The Labute approximate surface area is 190 Å². The Kier molecular flexibility index (Phi) is 5.44. The second-order valence-electron chi connectivity index (χ2n) is 6.71. The highest BCUT2D eigenvalue weighted by Gasteiger charge is 2.62. The van der Waals surface area contributed by atoms with Crippen LogP contribution in [0.3, 0.4) is 0 Å². The number of ether oxygens (including phenoxy) is 2. The highest BCUT2D eigenvalue weighted by atomic mass is 79.9. The van der Waals surface area contributed by atoms with Crippen LogP contribution < -0.4 is 9.47 Å². The quantitative estimate of drug-likeness (QED) is 0.441. The number of aliphatic hydroxyl groups excluding tert-OH is 2. The van der Waals surface area contributed by atoms with Crippen LogP contribution in [0.2, 0.25) is 0 Å². The van der Waals surface area contributed by atoms with Gasteiger partial charge in [0.05, 0.1) is 31.1 Å². The lowest BCUT2D eigenvalue weighted by Gasteiger charge is -2.10. The second-order valence-corrected chi connectivity index (χ2v) is 10.0. The van der Waals surface area contributed by atoms with Gasteiger partial charge in [0.15, 0.2) is 0 Å². The van der Waals surface area contributed by atoms with Gasteiger partial charge in [-0.05, 0) is 98.1 Å². The first-order chi connectivity index (χ1) is 12.9. The van der Waals surface area contributed by atoms with E-state index in [1.54, 1.807) is 0 Å². The monoisotopic (exact) mass is 624 g/mol. The van der Waals surface area contributed by atoms with Gasteiger partial charge in [0.2, 0.25) is 0 Å². The molecule has 8 heteroatoms. The van der Waals surface area contributed by atoms with Gasteiger partial charge >= 0.3 is 0 Å². The van der Waals surface area contributed by atoms with Gasteiger partial charge < -0.3 is 19.7 Å². The van der Waals surface area contributed by atoms with Crippen molar-refractivity contribution in [3.8, 4) is 11.5 Å². The van der Waals surface area contributed by atoms with E-state index in [9.17, 15) is 0 Å². The number of benzene rings is 2. The number of rotatable bonds is 7. The zero-order valence-electron chi connectivity index (χ0n) is 14.3. The molecule has 0 fully saturated rings. The minimum Gasteiger partial charge on any atom is -0.489 e. The minimum absolute atomic E-state index is 0.0276. The molecule has 2 N–H and O–H groups in total. The van der Waals surface area contributed by atoms with Gasteiger partial charge in [-0.25, -0.2) is 0 Å². The van der Waals surface area contributed by atoms with Gasteiger partial charge in [-0.15, -0.1) is 0 Å². The van der Waals surface area contributed by atoms with Crippen LogP contribution in [0.15, 0.2) is 30.0 Å². The Morgan fingerprint density at radius 1 is 0.926 bits per heavy atom. The van der Waals surface area contributed by atoms with Crippen molar-refractivity contribution in [2.75, 3.05) is 26.4 Å². The molecule has 0 saturated carbocycles. The summed E-state index contributed by atoms with van der Waals surface area (Å²) in [5.41, 5.74) is 4.93. The third kappa shape index (κ3) is 3.02. The van der Waals surface area contributed by atoms with E-state index in [0.717, 1.165) is 29.4 Å². The molecule has 0 spiro atoms. The summed E-state index contributed by atoms with van der Waals surface area (Å²) in [7, 11) is 0. The topological polar surface area (TPSA) is 58.9 Å². The van der Waals surface area contributed by atoms with E-state index >= 15 is 0 Å². The first kappa shape index (κ1) is 20.2. The van der Waals surface area contributed by atoms with E-state index in [-0.39, 0.29) is 37.8 Å². The standard InChI is InChI=1S/C19H16Br4O4/c1-19(9-7-11(21)18(27-5-3-25)16(23)14(9)19)13-8-6-10(20)17(26-4-2-24)15(22)12(8)13/h6-7,13,24-25H,2-5H2,1H3. The Bertz CT molecular complexity index is 946. The number of aliphatic hydroxyl groups is 2. The van der Waals surface area contributed by atoms with Crippen LogP contribution in [0.1, 0.15) is 35.1 Å². The fourth-order valence-electron chi connectivity index (χ4n) is 3.94. The summed E-state index contributed by atoms with van der Waals surface area (Å²) < 4.78 is 15.0. The van der Waals surface area contributed by atoms with E-state index < -0.39 is 0 Å². The van der Waals surface area contributed by atoms with Crippen molar-refractivity contribution in [1.82, 2.24) is 0 Å². The molecule has 0 heterocycles. The van der Waals surface area contributed by atoms with Crippen LogP contribution in [0.25, 0.3) is 0 Å². The van der Waals surface area contributed by atoms with Gasteiger partial charge in [-0.1, -0.05) is 6.92 Å². The van der Waals surface area contributed by atoms with E-state index in [1.807, 2.05) is 0 Å². The zero-order valence-corrected chi connectivity index (χ0v) is 20.6. The molecule has 4 rings (SSSR count). The summed E-state index contributed by atoms with van der Waals surface area (Å²) in [4.78, 5) is 0. The predicted molar refractivity (Wildman–Crippen MR) is 117 cm³/mol. The van der Waals surface area contributed by atoms with Gasteiger partial charge in [-0.3, -0.25) is 0 Å². The molecule has 144 valence electrons. The van der Waals surface area contributed by atoms with E-state index in [2.05, 4.69) is 82.8 Å². The first-order valence-corrected chi connectivity index (χ1v) is 11.6. The largest absolute Gasteiger partial charge is 0.489 e. The van der Waals surface area contributed by atoms with Crippen LogP contribution >= 0.6 is 63.7 Å². The molecule has 0 aliphatic heterocycles. The molecule has 2 aliphatic rings. The molecule has 0 aromatic heterocycles. The average molecular weight is 628 g/mol. The van der Waals surface area contributed by atoms with Gasteiger partial charge in [0.25, 0.3) is 0 Å². The summed E-state index contributed by atoms with van der Waals surface area (Å²) in [5, 5.41) is 18.1. The maximum absolute atomic E-state index is 9.06. The molecule has 0 radical (unpaired) electrons. The lowest BCUT2D eigenvalue weighted by Crippen LogP contribution is -2.05. The second kappa shape index (κ2) is 7.29. The molecule has 2 unspecified atom stereocenters. The smallest absolute Gasteiger partial charge is 0.148 e. The fourth-order valence-corrected chi connectivity index (χ4v) is 7.31. The Morgan fingerprint density at radius 3 is 2.07 bits per heavy atom. The molecule has 2 aliphatic carbocycles. The Balaban J connectivity index is 1.69. The van der Waals surface area contributed by atoms with Crippen LogP contribution in [0, 0.1) is 0 Å². The SMILES string of the molecule is CC1(C2c3cc(Br)c(OCCO)c(Br)c32)c2cc(Br)c(OCCO)c(Br)c21. The van der Waals surface area contributed by atoms with Crippen LogP contribution in [-0.2, 0) is 5.41 Å². The molecule has 0 saturated heterocycles. The van der Waals surface area contributed by atoms with Crippen LogP contribution in [-0.4, -0.2) is 36.6 Å². The van der Waals surface area contributed by atoms with Gasteiger partial charge in [0, 0.05) is 11.3 Å². The number of fused-ring (bicyclic) bond motifs is 2. The van der Waals surface area contributed by atoms with Crippen molar-refractivity contribution in [1.29, 1.82) is 0 Å². The number of halogens is 4. The van der Waals surface area contributed by atoms with Crippen molar-refractivity contribution in [2.24, 2.45) is 0 Å². The first-order valence-electron chi connectivity index (χ1n) is 8.39. The maximum Gasteiger partial charge on any atom is 0.148 e. The predicted octanol–water partition coefficient (Wildman–Crippen LogP) is 5.24. The summed E-state index contributed by atoms with van der Waals surface area (Å²) in [6.45, 7) is 2.69. The normalized spacial score (nSPS) is 21.5. The van der Waals surface area contributed by atoms with Crippen molar-refractivity contribution in [3.05, 3.63) is 52.3 Å². The summed E-state index contributed by atoms with van der Waals surface area (Å²) in [6.07, 6.45) is 0. The third-order valence-electron chi connectivity index (χ3n) is 5.21. The summed E-state index contributed by atoms with van der Waals surface area (Å²) >= 11 is 14.6. The molecule has 0 bridgehead atoms. The molecule has 0 amide bonds. The molecule has 4 nitrogen and oxygen atoms in total. The minimum atomic E-state index is -0.109. The number of hydrogen-bond acceptors (Lipinski definition) is 4. The molecule has 27 heavy (non-hydrogen) atoms. The van der Waals surface area contributed by atoms with Crippen LogP contribution in [0.4, 0.5) is 0 Å². The molecule has 2 aromatic carbocycles. The van der Waals surface area contributed by atoms with Crippen molar-refractivity contribution in [3.63, 3.8) is 0 Å². The average Bonchev–Trinajstić information content (AvgIpc) is 3.49. The van der Waals surface area contributed by atoms with Gasteiger partial charge in [0.1, 0.15) is 24.7 Å². The number of hydrogen-bond donors (Lipinski definition) is 2. The third-order valence-corrected chi connectivity index (χ3v) is 7.93. The Morgan fingerprint density at radius 2 is 1.48 bits per heavy atom. The van der Waals surface area contributed by atoms with E-state index in [4.69, 9.17) is 19.7 Å². The van der Waals surface area contributed by atoms with Crippen molar-refractivity contribution in [2.45, 2.75) is 18.3 Å². The molecule has 2 atom stereocenters. The molecular weight excluding hydrogens is 612 g/mol. The summed E-state index contributed by atoms with van der Waals surface area (Å²) in [6, 6.07) is 4.21. The Hall–Kier alpha value is -0.120. The van der Waals surface area contributed by atoms with E-state index in [1.165, 1.54) is 22.3 Å². The van der Waals surface area contributed by atoms with Crippen LogP contribution in [0.5, 0.6) is 11.5 Å². The van der Waals surface area contributed by atoms with Gasteiger partial charge in [-0.2, -0.15) is 0 Å². The zero-order chi connectivity index (χ0) is 19.5. The van der Waals surface area contributed by atoms with Crippen molar-refractivity contribution >= 4 is 63.7 Å². The maximum atomic E-state index is 9.06. The highest BCUT2D eigenvalue weighted by molar-refractivity contribution is 9.11. The molecule has 2 aromatic rings. The lowest BCUT2D eigenvalue weighted by atomic mass is 9.95. The van der Waals surface area contributed by atoms with Crippen molar-refractivity contribution < 1.29 is 19.7 Å². The fraction of sp³-hybridized carbons (Fsp3) is 0.368. The summed E-state index contributed by atoms with van der Waals surface area (Å²) in [5.74, 6) is 1.72. The lowest BCUT2D eigenvalue weighted by molar-refractivity contribution is 0.200. The highest BCUT2D eigenvalue weighted by Crippen LogP contribution is 2.72. The van der Waals surface area contributed by atoms with E-state index in [0.29, 0.717) is 0 Å².